The molecule has 4 rings (SSSR count). The largest absolute Gasteiger partial charge is 0.408 e. The van der Waals surface area contributed by atoms with Crippen LogP contribution in [0.1, 0.15) is 10.4 Å². The van der Waals surface area contributed by atoms with Crippen LogP contribution in [-0.2, 0) is 6.54 Å². The van der Waals surface area contributed by atoms with Crippen LogP contribution in [0.5, 0.6) is 0 Å². The number of nitrogens with one attached hydrogen (secondary N) is 1. The molecule has 2 aromatic carbocycles. The van der Waals surface area contributed by atoms with E-state index in [9.17, 15) is 18.0 Å². The van der Waals surface area contributed by atoms with E-state index in [4.69, 9.17) is 0 Å². The molecule has 5 nitrogen and oxygen atoms in total. The highest BCUT2D eigenvalue weighted by atomic mass is 79.9. The third kappa shape index (κ3) is 4.35. The number of hydrogen-bond donors (Lipinski definition) is 1. The van der Waals surface area contributed by atoms with Crippen LogP contribution >= 0.6 is 15.9 Å². The van der Waals surface area contributed by atoms with Gasteiger partial charge in [0.25, 0.3) is 5.91 Å². The molecule has 0 aliphatic carbocycles. The molecule has 1 amide bonds. The normalized spacial score (nSPS) is 11.6. The summed E-state index contributed by atoms with van der Waals surface area (Å²) >= 11 is 3.33. The summed E-state index contributed by atoms with van der Waals surface area (Å²) in [7, 11) is 0. The second-order valence-corrected chi connectivity index (χ2v) is 7.48. The number of halogens is 4. The summed E-state index contributed by atoms with van der Waals surface area (Å²) in [6.45, 7) is -1.16. The minimum atomic E-state index is -4.35. The van der Waals surface area contributed by atoms with Crippen molar-refractivity contribution in [3.63, 3.8) is 0 Å². The molecule has 0 bridgehead atoms. The van der Waals surface area contributed by atoms with E-state index in [0.29, 0.717) is 33.3 Å². The van der Waals surface area contributed by atoms with Crippen LogP contribution in [-0.4, -0.2) is 26.8 Å². The Hall–Kier alpha value is -3.20. The summed E-state index contributed by atoms with van der Waals surface area (Å²) in [6.07, 6.45) is -0.0783. The molecule has 2 aromatic heterocycles. The van der Waals surface area contributed by atoms with Gasteiger partial charge in [-0.2, -0.15) is 18.3 Å². The zero-order valence-electron chi connectivity index (χ0n) is 15.3. The van der Waals surface area contributed by atoms with Crippen LogP contribution in [0.4, 0.5) is 18.9 Å². The van der Waals surface area contributed by atoms with Gasteiger partial charge in [0, 0.05) is 33.4 Å². The van der Waals surface area contributed by atoms with E-state index in [1.54, 1.807) is 54.7 Å². The molecule has 0 saturated heterocycles. The molecule has 0 radical (unpaired) electrons. The molecular weight excluding hydrogens is 461 g/mol. The average molecular weight is 475 g/mol. The highest BCUT2D eigenvalue weighted by Crippen LogP contribution is 2.31. The smallest absolute Gasteiger partial charge is 0.320 e. The van der Waals surface area contributed by atoms with Gasteiger partial charge < -0.3 is 5.32 Å². The summed E-state index contributed by atoms with van der Waals surface area (Å²) in [5.74, 6) is -0.291. The second kappa shape index (κ2) is 7.91. The molecule has 0 aliphatic rings. The van der Waals surface area contributed by atoms with Gasteiger partial charge in [0.15, 0.2) is 0 Å². The first-order chi connectivity index (χ1) is 14.3. The molecule has 0 saturated carbocycles. The highest BCUT2D eigenvalue weighted by molar-refractivity contribution is 9.10. The van der Waals surface area contributed by atoms with E-state index < -0.39 is 12.7 Å². The predicted molar refractivity (Wildman–Crippen MR) is 111 cm³/mol. The van der Waals surface area contributed by atoms with Crippen molar-refractivity contribution in [2.45, 2.75) is 12.7 Å². The van der Waals surface area contributed by atoms with Gasteiger partial charge in [0.2, 0.25) is 0 Å². The lowest BCUT2D eigenvalue weighted by molar-refractivity contribution is -0.142. The van der Waals surface area contributed by atoms with Crippen LogP contribution in [0.25, 0.3) is 22.0 Å². The lowest BCUT2D eigenvalue weighted by Gasteiger charge is -2.10. The maximum atomic E-state index is 12.6. The van der Waals surface area contributed by atoms with Crippen molar-refractivity contribution in [2.75, 3.05) is 5.32 Å². The average Bonchev–Trinajstić information content (AvgIpc) is 3.14. The minimum absolute atomic E-state index is 0.291. The number of carbonyl (C=O) groups excluding carboxylic acids is 1. The highest BCUT2D eigenvalue weighted by Gasteiger charge is 2.28. The van der Waals surface area contributed by atoms with Crippen LogP contribution in [0.15, 0.2) is 71.6 Å². The molecule has 9 heteroatoms. The standard InChI is InChI=1S/C21H14BrF3N4O/c22-15-6-4-13(5-7-15)20(30)28-18-3-1-2-17-16(8-9-26-19(17)18)14-10-27-29(11-14)12-21(23,24)25/h1-11H,12H2,(H,28,30). The molecular formula is C21H14BrF3N4O. The SMILES string of the molecule is O=C(Nc1cccc2c(-c3cnn(CC(F)(F)F)c3)ccnc12)c1ccc(Br)cc1. The van der Waals surface area contributed by atoms with E-state index in [1.165, 1.54) is 12.4 Å². The third-order valence-corrected chi connectivity index (χ3v) is 4.94. The lowest BCUT2D eigenvalue weighted by atomic mass is 10.0. The molecule has 1 N–H and O–H groups in total. The predicted octanol–water partition coefficient (Wildman–Crippen LogP) is 5.68. The Labute approximate surface area is 177 Å². The van der Waals surface area contributed by atoms with Crippen LogP contribution in [0, 0.1) is 0 Å². The number of rotatable bonds is 4. The maximum Gasteiger partial charge on any atom is 0.408 e. The van der Waals surface area contributed by atoms with E-state index >= 15 is 0 Å². The van der Waals surface area contributed by atoms with Gasteiger partial charge in [-0.3, -0.25) is 14.5 Å². The van der Waals surface area contributed by atoms with Gasteiger partial charge in [-0.1, -0.05) is 28.1 Å². The first-order valence-corrected chi connectivity index (χ1v) is 9.64. The van der Waals surface area contributed by atoms with Crippen molar-refractivity contribution in [2.24, 2.45) is 0 Å². The van der Waals surface area contributed by atoms with Crippen LogP contribution in [0.2, 0.25) is 0 Å². The van der Waals surface area contributed by atoms with Gasteiger partial charge >= 0.3 is 6.18 Å². The number of pyridine rings is 1. The number of hydrogen-bond acceptors (Lipinski definition) is 3. The van der Waals surface area contributed by atoms with Gasteiger partial charge in [-0.25, -0.2) is 0 Å². The van der Waals surface area contributed by atoms with E-state index in [1.807, 2.05) is 0 Å². The quantitative estimate of drug-likeness (QED) is 0.414. The number of anilines is 1. The molecule has 0 fully saturated rings. The third-order valence-electron chi connectivity index (χ3n) is 4.41. The van der Waals surface area contributed by atoms with Crippen molar-refractivity contribution < 1.29 is 18.0 Å². The Morgan fingerprint density at radius 2 is 1.87 bits per heavy atom. The fourth-order valence-electron chi connectivity index (χ4n) is 3.10. The summed E-state index contributed by atoms with van der Waals surface area (Å²) in [5, 5.41) is 7.35. The lowest BCUT2D eigenvalue weighted by Crippen LogP contribution is -2.17. The summed E-state index contributed by atoms with van der Waals surface area (Å²) in [5.41, 5.74) is 2.73. The molecule has 152 valence electrons. The van der Waals surface area contributed by atoms with Crippen molar-refractivity contribution in [1.29, 1.82) is 0 Å². The fourth-order valence-corrected chi connectivity index (χ4v) is 3.36. The van der Waals surface area contributed by atoms with Gasteiger partial charge in [0.1, 0.15) is 6.54 Å². The van der Waals surface area contributed by atoms with Gasteiger partial charge in [-0.15, -0.1) is 0 Å². The number of nitrogens with zero attached hydrogens (tertiary/aromatic N) is 3. The number of para-hydroxylation sites is 1. The van der Waals surface area contributed by atoms with E-state index in [0.717, 1.165) is 9.15 Å². The van der Waals surface area contributed by atoms with Crippen molar-refractivity contribution >= 4 is 38.4 Å². The molecule has 0 unspecified atom stereocenters. The maximum absolute atomic E-state index is 12.6. The topological polar surface area (TPSA) is 59.8 Å². The number of carbonyl (C=O) groups is 1. The Balaban J connectivity index is 1.68. The van der Waals surface area contributed by atoms with E-state index in [-0.39, 0.29) is 5.91 Å². The van der Waals surface area contributed by atoms with Gasteiger partial charge in [-0.05, 0) is 42.0 Å². The van der Waals surface area contributed by atoms with E-state index in [2.05, 4.69) is 31.3 Å². The number of fused-ring (bicyclic) bond motifs is 1. The zero-order chi connectivity index (χ0) is 21.3. The second-order valence-electron chi connectivity index (χ2n) is 6.56. The van der Waals surface area contributed by atoms with Crippen molar-refractivity contribution in [3.8, 4) is 11.1 Å². The molecule has 0 spiro atoms. The monoisotopic (exact) mass is 474 g/mol. The zero-order valence-corrected chi connectivity index (χ0v) is 16.9. The first kappa shape index (κ1) is 20.1. The number of alkyl halides is 3. The molecule has 0 atom stereocenters. The minimum Gasteiger partial charge on any atom is -0.320 e. The van der Waals surface area contributed by atoms with Crippen LogP contribution < -0.4 is 5.32 Å². The van der Waals surface area contributed by atoms with Gasteiger partial charge in [0.05, 0.1) is 17.4 Å². The summed E-state index contributed by atoms with van der Waals surface area (Å²) < 4.78 is 39.6. The summed E-state index contributed by atoms with van der Waals surface area (Å²) in [6, 6.07) is 13.9. The molecule has 30 heavy (non-hydrogen) atoms. The molecule has 4 aromatic rings. The first-order valence-electron chi connectivity index (χ1n) is 8.84. The van der Waals surface area contributed by atoms with Crippen LogP contribution in [0.3, 0.4) is 0 Å². The number of benzene rings is 2. The summed E-state index contributed by atoms with van der Waals surface area (Å²) in [4.78, 5) is 17.0. The Morgan fingerprint density at radius 3 is 2.60 bits per heavy atom. The van der Waals surface area contributed by atoms with Crippen molar-refractivity contribution in [3.05, 3.63) is 77.2 Å². The number of aromatic nitrogens is 3. The Morgan fingerprint density at radius 1 is 1.10 bits per heavy atom. The molecule has 0 aliphatic heterocycles. The number of amides is 1. The fraction of sp³-hybridized carbons (Fsp3) is 0.0952. The molecule has 2 heterocycles. The Kier molecular flexibility index (Phi) is 5.29. The Bertz CT molecular complexity index is 1220. The van der Waals surface area contributed by atoms with Crippen molar-refractivity contribution in [1.82, 2.24) is 14.8 Å².